The van der Waals surface area contributed by atoms with Crippen molar-refractivity contribution in [2.75, 3.05) is 24.5 Å². The summed E-state index contributed by atoms with van der Waals surface area (Å²) in [6, 6.07) is 8.91. The van der Waals surface area contributed by atoms with Crippen molar-refractivity contribution < 1.29 is 13.6 Å². The highest BCUT2D eigenvalue weighted by atomic mass is 19.1. The van der Waals surface area contributed by atoms with Crippen molar-refractivity contribution in [2.24, 2.45) is 5.92 Å². The van der Waals surface area contributed by atoms with Crippen molar-refractivity contribution in [3.05, 3.63) is 71.2 Å². The van der Waals surface area contributed by atoms with E-state index < -0.39 is 11.6 Å². The minimum absolute atomic E-state index is 0.0965. The molecule has 2 aliphatic heterocycles. The summed E-state index contributed by atoms with van der Waals surface area (Å²) in [5, 5.41) is 0. The van der Waals surface area contributed by atoms with E-state index in [9.17, 15) is 13.6 Å². The number of hydrogen-bond acceptors (Lipinski definition) is 5. The van der Waals surface area contributed by atoms with Crippen molar-refractivity contribution in [2.45, 2.75) is 26.3 Å². The van der Waals surface area contributed by atoms with Gasteiger partial charge in [-0.2, -0.15) is 0 Å². The molecule has 4 heterocycles. The SMILES string of the molecule is Cc1cc(C)nc(N2C[C@@H]3CCN(C(=O)c4cccc(F)c4-c4ncccc4F)CC32)n1. The van der Waals surface area contributed by atoms with E-state index in [1.807, 2.05) is 19.9 Å². The van der Waals surface area contributed by atoms with E-state index in [0.29, 0.717) is 25.0 Å². The van der Waals surface area contributed by atoms with Crippen LogP contribution in [0.25, 0.3) is 11.3 Å². The number of fused-ring (bicyclic) bond motifs is 1. The summed E-state index contributed by atoms with van der Waals surface area (Å²) >= 11 is 0. The Hall–Kier alpha value is -3.42. The molecule has 1 aromatic carbocycles. The molecule has 164 valence electrons. The molecule has 2 atom stereocenters. The van der Waals surface area contributed by atoms with Crippen LogP contribution < -0.4 is 4.90 Å². The number of amides is 1. The minimum Gasteiger partial charge on any atom is -0.337 e. The van der Waals surface area contributed by atoms with E-state index in [4.69, 9.17) is 0 Å². The fraction of sp³-hybridized carbons (Fsp3) is 0.333. The van der Waals surface area contributed by atoms with Crippen LogP contribution in [0.15, 0.2) is 42.6 Å². The summed E-state index contributed by atoms with van der Waals surface area (Å²) < 4.78 is 29.1. The Morgan fingerprint density at radius 3 is 2.53 bits per heavy atom. The lowest BCUT2D eigenvalue weighted by Gasteiger charge is -2.53. The third-order valence-corrected chi connectivity index (χ3v) is 6.31. The molecular weight excluding hydrogens is 412 g/mol. The number of piperidine rings is 1. The lowest BCUT2D eigenvalue weighted by Crippen LogP contribution is -2.65. The average Bonchev–Trinajstić information content (AvgIpc) is 2.74. The van der Waals surface area contributed by atoms with E-state index in [1.165, 1.54) is 36.5 Å². The maximum absolute atomic E-state index is 14.8. The molecule has 0 aliphatic carbocycles. The number of likely N-dealkylation sites (tertiary alicyclic amines) is 1. The standard InChI is InChI=1S/C24H23F2N5O/c1-14-11-15(2)29-24(28-14)31-12-16-8-10-30(13-20(16)31)23(32)17-5-3-6-18(25)21(17)22-19(26)7-4-9-27-22/h3-7,9,11,16,20H,8,10,12-13H2,1-2H3/t16-,20?/m0/s1. The van der Waals surface area contributed by atoms with Gasteiger partial charge < -0.3 is 9.80 Å². The smallest absolute Gasteiger partial charge is 0.254 e. The Morgan fingerprint density at radius 1 is 1.03 bits per heavy atom. The summed E-state index contributed by atoms with van der Waals surface area (Å²) in [5.74, 6) is -0.514. The number of carbonyl (C=O) groups is 1. The minimum atomic E-state index is -0.669. The molecule has 0 N–H and O–H groups in total. The van der Waals surface area contributed by atoms with Gasteiger partial charge in [-0.3, -0.25) is 9.78 Å². The van der Waals surface area contributed by atoms with Crippen LogP contribution in [0.2, 0.25) is 0 Å². The first kappa shape index (κ1) is 20.5. The highest BCUT2D eigenvalue weighted by Crippen LogP contribution is 2.36. The van der Waals surface area contributed by atoms with Gasteiger partial charge in [-0.1, -0.05) is 6.07 Å². The molecule has 2 aromatic heterocycles. The number of anilines is 1. The van der Waals surface area contributed by atoms with Gasteiger partial charge in [-0.15, -0.1) is 0 Å². The molecule has 1 amide bonds. The number of rotatable bonds is 3. The van der Waals surface area contributed by atoms with Crippen LogP contribution >= 0.6 is 0 Å². The van der Waals surface area contributed by atoms with E-state index in [0.717, 1.165) is 24.4 Å². The molecule has 0 radical (unpaired) electrons. The molecule has 2 saturated heterocycles. The molecule has 0 bridgehead atoms. The number of hydrogen-bond donors (Lipinski definition) is 0. The fourth-order valence-electron chi connectivity index (χ4n) is 4.73. The summed E-state index contributed by atoms with van der Waals surface area (Å²) in [6.07, 6.45) is 2.24. The van der Waals surface area contributed by atoms with Gasteiger partial charge in [0.1, 0.15) is 17.3 Å². The predicted molar refractivity (Wildman–Crippen MR) is 116 cm³/mol. The van der Waals surface area contributed by atoms with Crippen LogP contribution in [0.5, 0.6) is 0 Å². The maximum atomic E-state index is 14.8. The van der Waals surface area contributed by atoms with Crippen molar-refractivity contribution in [1.29, 1.82) is 0 Å². The van der Waals surface area contributed by atoms with Gasteiger partial charge in [0.2, 0.25) is 5.95 Å². The molecule has 6 nitrogen and oxygen atoms in total. The van der Waals surface area contributed by atoms with Gasteiger partial charge in [-0.25, -0.2) is 18.7 Å². The van der Waals surface area contributed by atoms with Gasteiger partial charge in [0, 0.05) is 43.1 Å². The molecule has 1 unspecified atom stereocenters. The van der Waals surface area contributed by atoms with Crippen LogP contribution in [-0.4, -0.2) is 51.4 Å². The van der Waals surface area contributed by atoms with E-state index in [2.05, 4.69) is 19.9 Å². The molecule has 3 aromatic rings. The summed E-state index contributed by atoms with van der Waals surface area (Å²) in [6.45, 7) is 5.80. The van der Waals surface area contributed by atoms with Crippen LogP contribution in [-0.2, 0) is 0 Å². The number of pyridine rings is 1. The fourth-order valence-corrected chi connectivity index (χ4v) is 4.73. The number of nitrogens with zero attached hydrogens (tertiary/aromatic N) is 5. The number of carbonyl (C=O) groups excluding carboxylic acids is 1. The molecule has 0 spiro atoms. The van der Waals surface area contributed by atoms with Crippen LogP contribution in [0, 0.1) is 31.4 Å². The number of halogens is 2. The highest BCUT2D eigenvalue weighted by molar-refractivity contribution is 6.00. The third kappa shape index (κ3) is 3.49. The zero-order valence-electron chi connectivity index (χ0n) is 17.9. The summed E-state index contributed by atoms with van der Waals surface area (Å²) in [5.41, 5.74) is 1.68. The van der Waals surface area contributed by atoms with Crippen LogP contribution in [0.4, 0.5) is 14.7 Å². The Morgan fingerprint density at radius 2 is 1.78 bits per heavy atom. The number of aryl methyl sites for hydroxylation is 2. The van der Waals surface area contributed by atoms with Gasteiger partial charge in [0.05, 0.1) is 17.2 Å². The Kier molecular flexibility index (Phi) is 5.07. The first-order valence-electron chi connectivity index (χ1n) is 10.7. The van der Waals surface area contributed by atoms with E-state index >= 15 is 0 Å². The zero-order chi connectivity index (χ0) is 22.4. The Labute approximate surface area is 184 Å². The average molecular weight is 435 g/mol. The zero-order valence-corrected chi connectivity index (χ0v) is 17.9. The monoisotopic (exact) mass is 435 g/mol. The predicted octanol–water partition coefficient (Wildman–Crippen LogP) is 3.78. The summed E-state index contributed by atoms with van der Waals surface area (Å²) in [7, 11) is 0. The topological polar surface area (TPSA) is 62.2 Å². The lowest BCUT2D eigenvalue weighted by atomic mass is 9.82. The molecule has 32 heavy (non-hydrogen) atoms. The van der Waals surface area contributed by atoms with E-state index in [1.54, 1.807) is 4.90 Å². The first-order valence-corrected chi connectivity index (χ1v) is 10.7. The second kappa shape index (κ2) is 7.93. The molecule has 2 fully saturated rings. The first-order chi connectivity index (χ1) is 15.4. The molecular formula is C24H23F2N5O. The third-order valence-electron chi connectivity index (χ3n) is 6.31. The van der Waals surface area contributed by atoms with Gasteiger partial charge in [-0.05, 0) is 50.6 Å². The number of benzene rings is 1. The Balaban J connectivity index is 1.43. The molecule has 0 saturated carbocycles. The molecule has 5 rings (SSSR count). The quantitative estimate of drug-likeness (QED) is 0.627. The van der Waals surface area contributed by atoms with Crippen LogP contribution in [0.1, 0.15) is 28.2 Å². The van der Waals surface area contributed by atoms with Crippen molar-refractivity contribution in [3.63, 3.8) is 0 Å². The molecule has 2 aliphatic rings. The van der Waals surface area contributed by atoms with Gasteiger partial charge in [0.15, 0.2) is 0 Å². The maximum Gasteiger partial charge on any atom is 0.254 e. The summed E-state index contributed by atoms with van der Waals surface area (Å²) in [4.78, 5) is 30.4. The second-order valence-corrected chi connectivity index (χ2v) is 8.47. The highest BCUT2D eigenvalue weighted by Gasteiger charge is 2.45. The van der Waals surface area contributed by atoms with Crippen molar-refractivity contribution in [1.82, 2.24) is 19.9 Å². The Bertz CT molecular complexity index is 1180. The normalized spacial score (nSPS) is 20.0. The van der Waals surface area contributed by atoms with E-state index in [-0.39, 0.29) is 28.8 Å². The van der Waals surface area contributed by atoms with Crippen molar-refractivity contribution >= 4 is 11.9 Å². The molecule has 8 heteroatoms. The lowest BCUT2D eigenvalue weighted by molar-refractivity contribution is 0.0589. The van der Waals surface area contributed by atoms with Crippen molar-refractivity contribution in [3.8, 4) is 11.3 Å². The largest absolute Gasteiger partial charge is 0.337 e. The van der Waals surface area contributed by atoms with Crippen LogP contribution in [0.3, 0.4) is 0 Å². The second-order valence-electron chi connectivity index (χ2n) is 8.47. The van der Waals surface area contributed by atoms with Gasteiger partial charge in [0.25, 0.3) is 5.91 Å². The number of aromatic nitrogens is 3. The van der Waals surface area contributed by atoms with Gasteiger partial charge >= 0.3 is 0 Å².